The summed E-state index contributed by atoms with van der Waals surface area (Å²) in [5, 5.41) is 8.58. The van der Waals surface area contributed by atoms with Gasteiger partial charge in [0.2, 0.25) is 5.88 Å². The second-order valence-corrected chi connectivity index (χ2v) is 6.86. The molecule has 0 amide bonds. The topological polar surface area (TPSA) is 72.0 Å². The second-order valence-electron chi connectivity index (χ2n) is 6.86. The monoisotopic (exact) mass is 367 g/mol. The molecule has 0 radical (unpaired) electrons. The lowest BCUT2D eigenvalue weighted by molar-refractivity contribution is 0.464. The Bertz CT molecular complexity index is 1180. The van der Waals surface area contributed by atoms with Gasteiger partial charge in [0, 0.05) is 17.0 Å². The number of benzene rings is 3. The molecule has 0 aliphatic rings. The van der Waals surface area contributed by atoms with E-state index in [2.05, 4.69) is 50.2 Å². The third-order valence-electron chi connectivity index (χ3n) is 4.84. The molecule has 0 aliphatic heterocycles. The van der Waals surface area contributed by atoms with Crippen molar-refractivity contribution < 1.29 is 4.74 Å². The van der Waals surface area contributed by atoms with Gasteiger partial charge in [-0.25, -0.2) is 4.98 Å². The smallest absolute Gasteiger partial charge is 0.220 e. The van der Waals surface area contributed by atoms with Crippen LogP contribution >= 0.6 is 0 Å². The van der Waals surface area contributed by atoms with Crippen molar-refractivity contribution in [2.24, 2.45) is 5.73 Å². The fourth-order valence-corrected chi connectivity index (χ4v) is 3.31. The van der Waals surface area contributed by atoms with Crippen LogP contribution in [0.2, 0.25) is 0 Å². The predicted octanol–water partition coefficient (Wildman–Crippen LogP) is 5.60. The number of nitrogen functional groups attached to an aromatic ring is 1. The highest BCUT2D eigenvalue weighted by molar-refractivity contribution is 5.95. The SMILES string of the molecule is Cc1ccccc1-c1ccc2c(C)cc(Oc3ccc(C(=N)N)cc3)nc2c1. The van der Waals surface area contributed by atoms with Crippen LogP contribution in [0.5, 0.6) is 11.6 Å². The highest BCUT2D eigenvalue weighted by atomic mass is 16.5. The zero-order chi connectivity index (χ0) is 19.7. The van der Waals surface area contributed by atoms with Crippen LogP contribution in [0.4, 0.5) is 0 Å². The van der Waals surface area contributed by atoms with E-state index >= 15 is 0 Å². The highest BCUT2D eigenvalue weighted by Crippen LogP contribution is 2.30. The number of aryl methyl sites for hydroxylation is 2. The van der Waals surface area contributed by atoms with E-state index < -0.39 is 0 Å². The lowest BCUT2D eigenvalue weighted by atomic mass is 9.98. The number of nitrogens with two attached hydrogens (primary N) is 1. The number of nitrogens with one attached hydrogen (secondary N) is 1. The summed E-state index contributed by atoms with van der Waals surface area (Å²) in [6.45, 7) is 4.17. The normalized spacial score (nSPS) is 10.8. The maximum absolute atomic E-state index is 7.48. The average molecular weight is 367 g/mol. The molecule has 4 nitrogen and oxygen atoms in total. The Balaban J connectivity index is 1.72. The van der Waals surface area contributed by atoms with Gasteiger partial charge in [0.25, 0.3) is 0 Å². The Morgan fingerprint density at radius 1 is 0.893 bits per heavy atom. The Kier molecular flexibility index (Phi) is 4.53. The quantitative estimate of drug-likeness (QED) is 0.364. The van der Waals surface area contributed by atoms with Crippen LogP contribution < -0.4 is 10.5 Å². The fraction of sp³-hybridized carbons (Fsp3) is 0.0833. The van der Waals surface area contributed by atoms with E-state index in [0.29, 0.717) is 17.2 Å². The molecule has 138 valence electrons. The molecule has 0 aliphatic carbocycles. The van der Waals surface area contributed by atoms with E-state index in [0.717, 1.165) is 22.0 Å². The first-order valence-corrected chi connectivity index (χ1v) is 9.11. The van der Waals surface area contributed by atoms with E-state index in [1.807, 2.05) is 12.1 Å². The van der Waals surface area contributed by atoms with Crippen molar-refractivity contribution >= 4 is 16.7 Å². The summed E-state index contributed by atoms with van der Waals surface area (Å²) in [6, 6.07) is 23.8. The molecular weight excluding hydrogens is 346 g/mol. The molecule has 0 spiro atoms. The molecule has 1 heterocycles. The summed E-state index contributed by atoms with van der Waals surface area (Å²) < 4.78 is 5.95. The number of rotatable bonds is 4. The Morgan fingerprint density at radius 3 is 2.36 bits per heavy atom. The Morgan fingerprint density at radius 2 is 1.64 bits per heavy atom. The third-order valence-corrected chi connectivity index (χ3v) is 4.84. The molecule has 28 heavy (non-hydrogen) atoms. The van der Waals surface area contributed by atoms with Crippen molar-refractivity contribution in [1.29, 1.82) is 5.41 Å². The summed E-state index contributed by atoms with van der Waals surface area (Å²) in [6.07, 6.45) is 0. The average Bonchev–Trinajstić information content (AvgIpc) is 2.68. The highest BCUT2D eigenvalue weighted by Gasteiger charge is 2.08. The molecule has 1 aromatic heterocycles. The minimum Gasteiger partial charge on any atom is -0.439 e. The number of hydrogen-bond acceptors (Lipinski definition) is 3. The van der Waals surface area contributed by atoms with Crippen LogP contribution in [-0.2, 0) is 0 Å². The zero-order valence-corrected chi connectivity index (χ0v) is 15.9. The lowest BCUT2D eigenvalue weighted by Crippen LogP contribution is -2.10. The van der Waals surface area contributed by atoms with E-state index in [4.69, 9.17) is 20.9 Å². The largest absolute Gasteiger partial charge is 0.439 e. The first kappa shape index (κ1) is 17.7. The molecule has 0 fully saturated rings. The van der Waals surface area contributed by atoms with E-state index in [1.54, 1.807) is 24.3 Å². The van der Waals surface area contributed by atoms with Crippen molar-refractivity contribution in [2.45, 2.75) is 13.8 Å². The van der Waals surface area contributed by atoms with Crippen molar-refractivity contribution in [3.05, 3.63) is 89.5 Å². The van der Waals surface area contributed by atoms with E-state index in [1.165, 1.54) is 11.1 Å². The molecule has 3 aromatic carbocycles. The van der Waals surface area contributed by atoms with Crippen LogP contribution in [0.1, 0.15) is 16.7 Å². The number of hydrogen-bond donors (Lipinski definition) is 2. The third kappa shape index (κ3) is 3.45. The first-order valence-electron chi connectivity index (χ1n) is 9.11. The van der Waals surface area contributed by atoms with Gasteiger partial charge >= 0.3 is 0 Å². The van der Waals surface area contributed by atoms with E-state index in [-0.39, 0.29) is 5.84 Å². The lowest BCUT2D eigenvalue weighted by Gasteiger charge is -2.11. The van der Waals surface area contributed by atoms with Gasteiger partial charge < -0.3 is 10.5 Å². The van der Waals surface area contributed by atoms with Gasteiger partial charge in [-0.15, -0.1) is 0 Å². The van der Waals surface area contributed by atoms with Gasteiger partial charge in [-0.2, -0.15) is 0 Å². The van der Waals surface area contributed by atoms with Gasteiger partial charge in [-0.3, -0.25) is 5.41 Å². The molecule has 0 atom stereocenters. The number of pyridine rings is 1. The van der Waals surface area contributed by atoms with Crippen LogP contribution in [0.15, 0.2) is 72.8 Å². The maximum Gasteiger partial charge on any atom is 0.220 e. The standard InChI is InChI=1S/C24H21N3O/c1-15-5-3-4-6-20(15)18-9-12-21-16(2)13-23(27-22(21)14-18)28-19-10-7-17(8-11-19)24(25)26/h3-14H,1-2H3,(H3,25,26). The second kappa shape index (κ2) is 7.16. The molecule has 0 unspecified atom stereocenters. The molecule has 0 saturated heterocycles. The fourth-order valence-electron chi connectivity index (χ4n) is 3.31. The van der Waals surface area contributed by atoms with Crippen molar-refractivity contribution in [3.8, 4) is 22.8 Å². The van der Waals surface area contributed by atoms with E-state index in [9.17, 15) is 0 Å². The summed E-state index contributed by atoms with van der Waals surface area (Å²) in [5.41, 5.74) is 11.7. The molecular formula is C24H21N3O. The number of amidine groups is 1. The molecule has 4 aromatic rings. The molecule has 0 saturated carbocycles. The van der Waals surface area contributed by atoms with Crippen molar-refractivity contribution in [3.63, 3.8) is 0 Å². The first-order chi connectivity index (χ1) is 13.5. The zero-order valence-electron chi connectivity index (χ0n) is 15.9. The van der Waals surface area contributed by atoms with Crippen LogP contribution in [-0.4, -0.2) is 10.8 Å². The van der Waals surface area contributed by atoms with Gasteiger partial charge in [-0.05, 0) is 66.4 Å². The predicted molar refractivity (Wildman–Crippen MR) is 114 cm³/mol. The number of fused-ring (bicyclic) bond motifs is 1. The van der Waals surface area contributed by atoms with Gasteiger partial charge in [-0.1, -0.05) is 36.4 Å². The number of aromatic nitrogens is 1. The van der Waals surface area contributed by atoms with Gasteiger partial charge in [0.15, 0.2) is 0 Å². The number of nitrogens with zero attached hydrogens (tertiary/aromatic N) is 1. The molecule has 3 N–H and O–H groups in total. The Labute approximate surface area is 164 Å². The summed E-state index contributed by atoms with van der Waals surface area (Å²) in [5.74, 6) is 1.24. The molecule has 4 rings (SSSR count). The Hall–Kier alpha value is -3.66. The van der Waals surface area contributed by atoms with Gasteiger partial charge in [0.1, 0.15) is 11.6 Å². The van der Waals surface area contributed by atoms with Gasteiger partial charge in [0.05, 0.1) is 5.52 Å². The molecule has 0 bridgehead atoms. The maximum atomic E-state index is 7.48. The van der Waals surface area contributed by atoms with Crippen LogP contribution in [0, 0.1) is 19.3 Å². The minimum atomic E-state index is 0.0370. The molecule has 4 heteroatoms. The number of ether oxygens (including phenoxy) is 1. The summed E-state index contributed by atoms with van der Waals surface area (Å²) in [4.78, 5) is 4.72. The van der Waals surface area contributed by atoms with Crippen LogP contribution in [0.3, 0.4) is 0 Å². The van der Waals surface area contributed by atoms with Crippen molar-refractivity contribution in [1.82, 2.24) is 4.98 Å². The summed E-state index contributed by atoms with van der Waals surface area (Å²) >= 11 is 0. The van der Waals surface area contributed by atoms with Crippen molar-refractivity contribution in [2.75, 3.05) is 0 Å². The van der Waals surface area contributed by atoms with Crippen LogP contribution in [0.25, 0.3) is 22.0 Å². The summed E-state index contributed by atoms with van der Waals surface area (Å²) in [7, 11) is 0. The minimum absolute atomic E-state index is 0.0370.